The maximum absolute atomic E-state index is 14.6. The highest BCUT2D eigenvalue weighted by Gasteiger charge is 2.53. The number of aliphatic hydroxyl groups excluding tert-OH is 2. The molecule has 1 saturated carbocycles. The Morgan fingerprint density at radius 2 is 1.42 bits per heavy atom. The van der Waals surface area contributed by atoms with Crippen LogP contribution in [0.3, 0.4) is 0 Å². The number of methoxy groups -OCH3 is 2. The number of ether oxygens (including phenoxy) is 10. The van der Waals surface area contributed by atoms with E-state index in [4.69, 9.17) is 47.4 Å². The first-order valence-corrected chi connectivity index (χ1v) is 30.6. The van der Waals surface area contributed by atoms with E-state index in [1.165, 1.54) is 6.08 Å². The quantitative estimate of drug-likeness (QED) is 0.0397. The summed E-state index contributed by atoms with van der Waals surface area (Å²) in [6.45, 7) is 18.9. The first-order chi connectivity index (χ1) is 40.1. The standard InChI is InChI=1S/C63H102N2O19/c1-11-77-27-28-79-31-32-81-34-33-80-30-29-78-26-24-64-62(73)83-52-23-21-48(38-55(52)76-10)37-44(5)54-40-51(66)43(4)36-46(7)57(68)58(69)56(67)45(6)35-41(2)17-13-12-14-18-42(3)53(75-9)39-49-22-20-47(8)63(74,84-49)59(70)60(71)65-25-16-15-19-50(65)61(72)82-54/h12-14,17-18,36,41,43-45,47-50,52-55,57-58,68-69,74H,11,15-16,19-35,37-40H2,1-10H3,(H,64,73)/b14-12+,17-13+,42-18+,46-36+/t41-,43-,44-,45-,47-,48+,49+,50+,52-,53+,54+,55-,57-,58+,63-/m1/s1. The smallest absolute Gasteiger partial charge is 0.407 e. The number of nitrogens with one attached hydrogen (secondary N) is 1. The Morgan fingerprint density at radius 1 is 0.762 bits per heavy atom. The van der Waals surface area contributed by atoms with Gasteiger partial charge in [-0.25, -0.2) is 9.59 Å². The summed E-state index contributed by atoms with van der Waals surface area (Å²) in [6.07, 6.45) is 8.35. The molecule has 2 bridgehead atoms. The van der Waals surface area contributed by atoms with Crippen LogP contribution in [0.25, 0.3) is 0 Å². The molecule has 2 saturated heterocycles. The number of Topliss-reactive ketones (excluding diaryl/α,β-unsaturated/α-hetero) is 3. The maximum atomic E-state index is 14.6. The minimum Gasteiger partial charge on any atom is -0.460 e. The molecular formula is C63H102N2O19. The Kier molecular flexibility index (Phi) is 32.8. The second-order valence-electron chi connectivity index (χ2n) is 23.3. The van der Waals surface area contributed by atoms with E-state index in [9.17, 15) is 44.1 Å². The summed E-state index contributed by atoms with van der Waals surface area (Å²) in [5, 5.41) is 37.2. The highest BCUT2D eigenvalue weighted by atomic mass is 16.6. The number of hydrogen-bond acceptors (Lipinski definition) is 19. The van der Waals surface area contributed by atoms with Crippen molar-refractivity contribution in [1.82, 2.24) is 10.2 Å². The van der Waals surface area contributed by atoms with E-state index in [0.717, 1.165) is 10.5 Å². The topological polar surface area (TPSA) is 271 Å². The van der Waals surface area contributed by atoms with Crippen LogP contribution >= 0.6 is 0 Å². The lowest BCUT2D eigenvalue weighted by Gasteiger charge is -2.42. The average Bonchev–Trinajstić information content (AvgIpc) is 2.35. The number of fused-ring (bicyclic) bond motifs is 3. The number of amides is 2. The molecule has 0 aromatic rings. The van der Waals surface area contributed by atoms with Gasteiger partial charge in [0.1, 0.15) is 36.2 Å². The van der Waals surface area contributed by atoms with Gasteiger partial charge in [-0.15, -0.1) is 0 Å². The minimum atomic E-state index is -2.47. The van der Waals surface area contributed by atoms with Crippen molar-refractivity contribution in [3.05, 3.63) is 47.6 Å². The molecule has 0 unspecified atom stereocenters. The van der Waals surface area contributed by atoms with Gasteiger partial charge in [0.15, 0.2) is 5.78 Å². The van der Waals surface area contributed by atoms with E-state index < -0.39 is 108 Å². The van der Waals surface area contributed by atoms with Crippen LogP contribution in [0.2, 0.25) is 0 Å². The van der Waals surface area contributed by atoms with Crippen molar-refractivity contribution in [3.8, 4) is 0 Å². The fourth-order valence-corrected chi connectivity index (χ4v) is 11.4. The molecule has 478 valence electrons. The van der Waals surface area contributed by atoms with Crippen LogP contribution in [0.1, 0.15) is 132 Å². The highest BCUT2D eigenvalue weighted by molar-refractivity contribution is 6.39. The van der Waals surface area contributed by atoms with E-state index in [2.05, 4.69) is 5.32 Å². The van der Waals surface area contributed by atoms with Crippen LogP contribution in [-0.2, 0) is 71.3 Å². The fraction of sp³-hybridized carbons (Fsp3) is 0.778. The number of alkyl carbamates (subject to hydrolysis) is 1. The first-order valence-electron chi connectivity index (χ1n) is 30.6. The SMILES string of the molecule is CCOCCOCCOCCOCCOCCNC(=O)O[C@@H]1CC[C@@H](C[C@@H](C)[C@@H]2CC(=O)[C@H](C)/C=C(\C)[C@@H](O)[C@@H](O)C(=O)[C@H](C)C[C@H](C)/C=C/C=C/C=C(\C)[C@@H](OC)C[C@@H]3CC[C@@H](C)[C@@](O)(O3)C(=O)C(=O)N3CCCC[C@H]3C(=O)O2)C[C@H]1OC. The molecule has 21 heteroatoms. The molecule has 3 aliphatic heterocycles. The molecule has 84 heavy (non-hydrogen) atoms. The van der Waals surface area contributed by atoms with Crippen LogP contribution in [0.15, 0.2) is 47.6 Å². The molecule has 1 aliphatic carbocycles. The molecule has 0 aromatic heterocycles. The van der Waals surface area contributed by atoms with E-state index in [1.807, 2.05) is 58.1 Å². The molecule has 21 nitrogen and oxygen atoms in total. The zero-order chi connectivity index (χ0) is 61.8. The van der Waals surface area contributed by atoms with Gasteiger partial charge in [0.05, 0.1) is 77.8 Å². The van der Waals surface area contributed by atoms with Crippen molar-refractivity contribution in [2.75, 3.05) is 93.4 Å². The summed E-state index contributed by atoms with van der Waals surface area (Å²) in [4.78, 5) is 85.2. The molecule has 4 aliphatic rings. The number of cyclic esters (lactones) is 1. The number of hydrogen-bond donors (Lipinski definition) is 4. The molecule has 0 aromatic carbocycles. The van der Waals surface area contributed by atoms with Crippen LogP contribution in [0.5, 0.6) is 0 Å². The van der Waals surface area contributed by atoms with Crippen molar-refractivity contribution in [2.45, 2.75) is 187 Å². The maximum Gasteiger partial charge on any atom is 0.407 e. The van der Waals surface area contributed by atoms with Gasteiger partial charge in [0.25, 0.3) is 11.7 Å². The largest absolute Gasteiger partial charge is 0.460 e. The van der Waals surface area contributed by atoms with Gasteiger partial charge in [0, 0.05) is 64.5 Å². The molecule has 4 N–H and O–H groups in total. The van der Waals surface area contributed by atoms with Crippen molar-refractivity contribution < 1.29 is 91.5 Å². The van der Waals surface area contributed by atoms with Crippen molar-refractivity contribution in [2.24, 2.45) is 35.5 Å². The van der Waals surface area contributed by atoms with Gasteiger partial charge in [-0.1, -0.05) is 71.1 Å². The van der Waals surface area contributed by atoms with Crippen molar-refractivity contribution in [1.29, 1.82) is 0 Å². The lowest BCUT2D eigenvalue weighted by Crippen LogP contribution is -2.61. The van der Waals surface area contributed by atoms with Gasteiger partial charge in [-0.3, -0.25) is 19.2 Å². The second kappa shape index (κ2) is 38.1. The molecule has 0 spiro atoms. The lowest BCUT2D eigenvalue weighted by atomic mass is 9.78. The fourth-order valence-electron chi connectivity index (χ4n) is 11.4. The molecule has 3 heterocycles. The number of carbonyl (C=O) groups excluding carboxylic acids is 6. The highest BCUT2D eigenvalue weighted by Crippen LogP contribution is 2.38. The van der Waals surface area contributed by atoms with E-state index in [-0.39, 0.29) is 62.2 Å². The minimum absolute atomic E-state index is 0.0122. The number of nitrogens with zero attached hydrogens (tertiary/aromatic N) is 1. The molecule has 15 atom stereocenters. The molecule has 2 amide bonds. The third kappa shape index (κ3) is 23.4. The normalized spacial score (nSPS) is 33.8. The van der Waals surface area contributed by atoms with E-state index in [1.54, 1.807) is 41.9 Å². The van der Waals surface area contributed by atoms with Gasteiger partial charge in [-0.2, -0.15) is 0 Å². The summed E-state index contributed by atoms with van der Waals surface area (Å²) in [5.41, 5.74) is 1.07. The van der Waals surface area contributed by atoms with Crippen LogP contribution in [0.4, 0.5) is 4.79 Å². The van der Waals surface area contributed by atoms with Gasteiger partial charge < -0.3 is 72.9 Å². The first kappa shape index (κ1) is 72.2. The summed E-state index contributed by atoms with van der Waals surface area (Å²) < 4.78 is 57.3. The Bertz CT molecular complexity index is 2170. The van der Waals surface area contributed by atoms with Gasteiger partial charge >= 0.3 is 12.1 Å². The number of allylic oxidation sites excluding steroid dienone is 6. The zero-order valence-corrected chi connectivity index (χ0v) is 51.8. The van der Waals surface area contributed by atoms with Crippen molar-refractivity contribution in [3.63, 3.8) is 0 Å². The average molecular weight is 1190 g/mol. The Labute approximate surface area is 498 Å². The summed E-state index contributed by atoms with van der Waals surface area (Å²) in [6, 6.07) is -1.21. The predicted molar refractivity (Wildman–Crippen MR) is 312 cm³/mol. The number of rotatable bonds is 22. The molecular weight excluding hydrogens is 1090 g/mol. The number of piperidine rings is 1. The lowest BCUT2D eigenvalue weighted by molar-refractivity contribution is -0.265. The number of carbonyl (C=O) groups is 6. The van der Waals surface area contributed by atoms with Crippen molar-refractivity contribution >= 4 is 35.3 Å². The van der Waals surface area contributed by atoms with Crippen LogP contribution < -0.4 is 5.32 Å². The number of aliphatic hydroxyl groups is 3. The molecule has 0 radical (unpaired) electrons. The van der Waals surface area contributed by atoms with E-state index >= 15 is 0 Å². The van der Waals surface area contributed by atoms with Crippen LogP contribution in [0, 0.1) is 35.5 Å². The summed E-state index contributed by atoms with van der Waals surface area (Å²) in [7, 11) is 3.11. The van der Waals surface area contributed by atoms with Gasteiger partial charge in [0.2, 0.25) is 5.79 Å². The molecule has 3 fully saturated rings. The summed E-state index contributed by atoms with van der Waals surface area (Å²) >= 11 is 0. The summed E-state index contributed by atoms with van der Waals surface area (Å²) in [5.74, 6) is -9.11. The zero-order valence-electron chi connectivity index (χ0n) is 51.8. The van der Waals surface area contributed by atoms with Crippen LogP contribution in [-0.4, -0.2) is 203 Å². The Hall–Kier alpha value is -4.26. The monoisotopic (exact) mass is 1190 g/mol. The Balaban J connectivity index is 1.47. The predicted octanol–water partition coefficient (Wildman–Crippen LogP) is 6.36. The second-order valence-corrected chi connectivity index (χ2v) is 23.3. The van der Waals surface area contributed by atoms with E-state index in [0.29, 0.717) is 117 Å². The third-order valence-corrected chi connectivity index (χ3v) is 16.7. The molecule has 4 rings (SSSR count). The third-order valence-electron chi connectivity index (χ3n) is 16.7. The number of ketones is 3. The van der Waals surface area contributed by atoms with Gasteiger partial charge in [-0.05, 0) is 114 Å². The number of esters is 1. The Morgan fingerprint density at radius 3 is 2.06 bits per heavy atom.